The minimum absolute atomic E-state index is 0.170. The second kappa shape index (κ2) is 9.87. The number of rotatable bonds is 8. The van der Waals surface area contributed by atoms with Crippen LogP contribution in [0.1, 0.15) is 12.5 Å². The normalized spacial score (nSPS) is 10.5. The minimum Gasteiger partial charge on any atom is -0.493 e. The van der Waals surface area contributed by atoms with E-state index in [0.717, 1.165) is 9.13 Å². The summed E-state index contributed by atoms with van der Waals surface area (Å²) in [5.74, 6) is 1.05. The number of nitrogens with one attached hydrogen (secondary N) is 1. The second-order valence-corrected chi connectivity index (χ2v) is 6.05. The van der Waals surface area contributed by atoms with Gasteiger partial charge in [0.15, 0.2) is 18.1 Å². The molecule has 0 aromatic heterocycles. The number of carbonyl (C=O) groups excluding carboxylic acids is 1. The van der Waals surface area contributed by atoms with Crippen molar-refractivity contribution < 1.29 is 19.1 Å². The highest BCUT2D eigenvalue weighted by Crippen LogP contribution is 2.33. The molecule has 0 atom stereocenters. The van der Waals surface area contributed by atoms with E-state index < -0.39 is 0 Å². The van der Waals surface area contributed by atoms with Crippen molar-refractivity contribution in [2.75, 3.05) is 25.6 Å². The Balaban J connectivity index is 1.91. The molecule has 0 saturated carbocycles. The van der Waals surface area contributed by atoms with Gasteiger partial charge in [0, 0.05) is 11.3 Å². The zero-order valence-corrected chi connectivity index (χ0v) is 16.1. The smallest absolute Gasteiger partial charge is 0.265 e. The van der Waals surface area contributed by atoms with Crippen LogP contribution >= 0.6 is 22.6 Å². The molecule has 0 saturated heterocycles. The number of hydrogen-bond donors (Lipinski definition) is 1. The summed E-state index contributed by atoms with van der Waals surface area (Å²) >= 11 is 2.17. The lowest BCUT2D eigenvalue weighted by Gasteiger charge is -2.11. The Bertz CT molecular complexity index is 735. The standard InChI is InChI=1S/C18H19IN2O4/c1-3-24-18-15(19)9-13(10-16(18)23-2)11-20-25-12-17(22)21-14-7-5-4-6-8-14/h4-11H,3,12H2,1-2H3,(H,21,22)/b20-11+. The van der Waals surface area contributed by atoms with Crippen molar-refractivity contribution in [2.24, 2.45) is 5.16 Å². The summed E-state index contributed by atoms with van der Waals surface area (Å²) in [7, 11) is 1.58. The first-order valence-corrected chi connectivity index (χ1v) is 8.72. The van der Waals surface area contributed by atoms with E-state index in [1.165, 1.54) is 6.21 Å². The molecule has 1 amide bonds. The number of halogens is 1. The first-order chi connectivity index (χ1) is 12.1. The van der Waals surface area contributed by atoms with Gasteiger partial charge in [0.1, 0.15) is 0 Å². The lowest BCUT2D eigenvalue weighted by Crippen LogP contribution is -2.16. The van der Waals surface area contributed by atoms with E-state index in [0.29, 0.717) is 23.8 Å². The van der Waals surface area contributed by atoms with Crippen LogP contribution in [-0.2, 0) is 9.63 Å². The number of amides is 1. The zero-order chi connectivity index (χ0) is 18.1. The highest BCUT2D eigenvalue weighted by atomic mass is 127. The molecule has 25 heavy (non-hydrogen) atoms. The summed E-state index contributed by atoms with van der Waals surface area (Å²) in [6.07, 6.45) is 1.52. The fraction of sp³-hybridized carbons (Fsp3) is 0.222. The molecule has 0 aliphatic carbocycles. The van der Waals surface area contributed by atoms with Gasteiger partial charge in [0.2, 0.25) is 0 Å². The Morgan fingerprint density at radius 2 is 2.04 bits per heavy atom. The fourth-order valence-electron chi connectivity index (χ4n) is 2.01. The molecule has 0 heterocycles. The van der Waals surface area contributed by atoms with Crippen LogP contribution in [0.2, 0.25) is 0 Å². The third-order valence-corrected chi connectivity index (χ3v) is 3.87. The first-order valence-electron chi connectivity index (χ1n) is 7.64. The van der Waals surface area contributed by atoms with Crippen molar-refractivity contribution >= 4 is 40.4 Å². The number of oxime groups is 1. The highest BCUT2D eigenvalue weighted by molar-refractivity contribution is 14.1. The molecule has 132 valence electrons. The maximum absolute atomic E-state index is 11.7. The molecule has 0 aliphatic heterocycles. The van der Waals surface area contributed by atoms with E-state index in [2.05, 4.69) is 33.1 Å². The van der Waals surface area contributed by atoms with Gasteiger partial charge in [-0.1, -0.05) is 23.4 Å². The van der Waals surface area contributed by atoms with E-state index in [4.69, 9.17) is 14.3 Å². The number of hydrogen-bond acceptors (Lipinski definition) is 5. The lowest BCUT2D eigenvalue weighted by molar-refractivity contribution is -0.120. The van der Waals surface area contributed by atoms with Crippen molar-refractivity contribution in [1.29, 1.82) is 0 Å². The van der Waals surface area contributed by atoms with E-state index in [1.807, 2.05) is 31.2 Å². The predicted octanol–water partition coefficient (Wildman–Crippen LogP) is 3.69. The van der Waals surface area contributed by atoms with Gasteiger partial charge >= 0.3 is 0 Å². The molecule has 0 aliphatic rings. The number of benzene rings is 2. The maximum atomic E-state index is 11.7. The van der Waals surface area contributed by atoms with Crippen LogP contribution in [0.5, 0.6) is 11.5 Å². The van der Waals surface area contributed by atoms with Gasteiger partial charge in [-0.3, -0.25) is 4.79 Å². The summed E-state index contributed by atoms with van der Waals surface area (Å²) in [6, 6.07) is 12.9. The number of nitrogens with zero attached hydrogens (tertiary/aromatic N) is 1. The quantitative estimate of drug-likeness (QED) is 0.376. The average Bonchev–Trinajstić information content (AvgIpc) is 2.61. The third-order valence-electron chi connectivity index (χ3n) is 3.07. The maximum Gasteiger partial charge on any atom is 0.265 e. The molecule has 0 unspecified atom stereocenters. The van der Waals surface area contributed by atoms with E-state index in [1.54, 1.807) is 25.3 Å². The van der Waals surface area contributed by atoms with Crippen molar-refractivity contribution in [2.45, 2.75) is 6.92 Å². The third kappa shape index (κ3) is 5.93. The average molecular weight is 454 g/mol. The molecule has 0 radical (unpaired) electrons. The number of anilines is 1. The van der Waals surface area contributed by atoms with Gasteiger partial charge in [-0.15, -0.1) is 0 Å². The molecule has 0 fully saturated rings. The zero-order valence-electron chi connectivity index (χ0n) is 14.0. The summed E-state index contributed by atoms with van der Waals surface area (Å²) < 4.78 is 11.8. The van der Waals surface area contributed by atoms with Gasteiger partial charge in [-0.05, 0) is 53.8 Å². The molecule has 0 bridgehead atoms. The molecular weight excluding hydrogens is 435 g/mol. The fourth-order valence-corrected chi connectivity index (χ4v) is 2.79. The highest BCUT2D eigenvalue weighted by Gasteiger charge is 2.10. The van der Waals surface area contributed by atoms with Crippen LogP contribution < -0.4 is 14.8 Å². The van der Waals surface area contributed by atoms with Crippen LogP contribution in [-0.4, -0.2) is 32.4 Å². The van der Waals surface area contributed by atoms with Crippen LogP contribution in [0.4, 0.5) is 5.69 Å². The largest absolute Gasteiger partial charge is 0.493 e. The molecule has 1 N–H and O–H groups in total. The Kier molecular flexibility index (Phi) is 7.52. The van der Waals surface area contributed by atoms with Crippen molar-refractivity contribution in [3.8, 4) is 11.5 Å². The molecule has 6 nitrogen and oxygen atoms in total. The van der Waals surface area contributed by atoms with Crippen molar-refractivity contribution in [3.63, 3.8) is 0 Å². The van der Waals surface area contributed by atoms with Gasteiger partial charge in [0.25, 0.3) is 5.91 Å². The number of methoxy groups -OCH3 is 1. The molecule has 0 spiro atoms. The number of carbonyl (C=O) groups is 1. The lowest BCUT2D eigenvalue weighted by atomic mass is 10.2. The topological polar surface area (TPSA) is 69.2 Å². The number of para-hydroxylation sites is 1. The Hall–Kier alpha value is -2.29. The molecule has 2 aromatic rings. The summed E-state index contributed by atoms with van der Waals surface area (Å²) in [5.41, 5.74) is 1.50. The van der Waals surface area contributed by atoms with E-state index in [-0.39, 0.29) is 12.5 Å². The van der Waals surface area contributed by atoms with Gasteiger partial charge < -0.3 is 19.6 Å². The first kappa shape index (κ1) is 19.0. The van der Waals surface area contributed by atoms with Crippen LogP contribution in [0.3, 0.4) is 0 Å². The second-order valence-electron chi connectivity index (χ2n) is 4.89. The van der Waals surface area contributed by atoms with Crippen molar-refractivity contribution in [3.05, 3.63) is 51.6 Å². The van der Waals surface area contributed by atoms with Crippen molar-refractivity contribution in [1.82, 2.24) is 0 Å². The van der Waals surface area contributed by atoms with Gasteiger partial charge in [-0.2, -0.15) is 0 Å². The predicted molar refractivity (Wildman–Crippen MR) is 105 cm³/mol. The van der Waals surface area contributed by atoms with Crippen LogP contribution in [0.25, 0.3) is 0 Å². The molecule has 7 heteroatoms. The molecular formula is C18H19IN2O4. The number of ether oxygens (including phenoxy) is 2. The Morgan fingerprint density at radius 3 is 2.72 bits per heavy atom. The molecule has 2 rings (SSSR count). The SMILES string of the molecule is CCOc1c(I)cc(/C=N/OCC(=O)Nc2ccccc2)cc1OC. The van der Waals surface area contributed by atoms with Crippen LogP contribution in [0, 0.1) is 3.57 Å². The molecule has 2 aromatic carbocycles. The summed E-state index contributed by atoms with van der Waals surface area (Å²) in [5, 5.41) is 6.54. The monoisotopic (exact) mass is 454 g/mol. The Labute approximate surface area is 160 Å². The van der Waals surface area contributed by atoms with Crippen LogP contribution in [0.15, 0.2) is 47.6 Å². The minimum atomic E-state index is -0.276. The summed E-state index contributed by atoms with van der Waals surface area (Å²) in [4.78, 5) is 16.8. The Morgan fingerprint density at radius 1 is 1.28 bits per heavy atom. The van der Waals surface area contributed by atoms with E-state index >= 15 is 0 Å². The van der Waals surface area contributed by atoms with E-state index in [9.17, 15) is 4.79 Å². The van der Waals surface area contributed by atoms with Gasteiger partial charge in [0.05, 0.1) is 23.5 Å². The van der Waals surface area contributed by atoms with Gasteiger partial charge in [-0.25, -0.2) is 0 Å². The summed E-state index contributed by atoms with van der Waals surface area (Å²) in [6.45, 7) is 2.30.